The van der Waals surface area contributed by atoms with Crippen molar-refractivity contribution in [3.05, 3.63) is 107 Å². The first-order chi connectivity index (χ1) is 18.8. The maximum absolute atomic E-state index is 12.4. The number of benzene rings is 4. The van der Waals surface area contributed by atoms with Crippen LogP contribution in [0, 0.1) is 10.1 Å². The number of hydrogen-bond donors (Lipinski definition) is 2. The maximum Gasteiger partial charge on any atom is 0.323 e. The second kappa shape index (κ2) is 10.3. The number of aromatic nitrogens is 1. The lowest BCUT2D eigenvalue weighted by atomic mass is 10.1. The van der Waals surface area contributed by atoms with E-state index >= 15 is 0 Å². The van der Waals surface area contributed by atoms with E-state index in [1.165, 1.54) is 30.1 Å². The highest BCUT2D eigenvalue weighted by Gasteiger charge is 2.21. The van der Waals surface area contributed by atoms with Crippen LogP contribution in [0.1, 0.15) is 10.4 Å². The lowest BCUT2D eigenvalue weighted by molar-refractivity contribution is -0.385. The van der Waals surface area contributed by atoms with Gasteiger partial charge in [-0.1, -0.05) is 12.1 Å². The van der Waals surface area contributed by atoms with Gasteiger partial charge in [0.05, 0.1) is 16.3 Å². The summed E-state index contributed by atoms with van der Waals surface area (Å²) >= 11 is 0. The Morgan fingerprint density at radius 1 is 0.949 bits per heavy atom. The van der Waals surface area contributed by atoms with Crippen molar-refractivity contribution in [2.24, 2.45) is 5.73 Å². The topological polar surface area (TPSA) is 154 Å². The normalized spacial score (nSPS) is 10.7. The highest BCUT2D eigenvalue weighted by Crippen LogP contribution is 2.32. The predicted molar refractivity (Wildman–Crippen MR) is 144 cm³/mol. The summed E-state index contributed by atoms with van der Waals surface area (Å²) in [6, 6.07) is 24.2. The average Bonchev–Trinajstić information content (AvgIpc) is 3.38. The molecule has 0 aliphatic rings. The van der Waals surface area contributed by atoms with Gasteiger partial charge in [-0.15, -0.1) is 0 Å². The van der Waals surface area contributed by atoms with Gasteiger partial charge in [0.1, 0.15) is 22.6 Å². The summed E-state index contributed by atoms with van der Waals surface area (Å²) in [5.74, 6) is 0.460. The third kappa shape index (κ3) is 5.09. The zero-order valence-electron chi connectivity index (χ0n) is 20.5. The van der Waals surface area contributed by atoms with Gasteiger partial charge in [0, 0.05) is 24.7 Å². The van der Waals surface area contributed by atoms with Crippen LogP contribution >= 0.6 is 0 Å². The molecule has 0 saturated heterocycles. The molecule has 0 fully saturated rings. The summed E-state index contributed by atoms with van der Waals surface area (Å²) in [5.41, 5.74) is 8.40. The third-order valence-corrected chi connectivity index (χ3v) is 5.85. The van der Waals surface area contributed by atoms with Gasteiger partial charge in [0.15, 0.2) is 5.58 Å². The van der Waals surface area contributed by atoms with Crippen molar-refractivity contribution in [2.45, 2.75) is 0 Å². The van der Waals surface area contributed by atoms with Crippen LogP contribution in [0.4, 0.5) is 21.9 Å². The Kier molecular flexibility index (Phi) is 6.62. The Balaban J connectivity index is 1.36. The first-order valence-electron chi connectivity index (χ1n) is 11.7. The fourth-order valence-electron chi connectivity index (χ4n) is 4.01. The number of primary amides is 1. The molecule has 39 heavy (non-hydrogen) atoms. The molecule has 0 aliphatic carbocycles. The van der Waals surface area contributed by atoms with Crippen LogP contribution in [0.5, 0.6) is 11.5 Å². The van der Waals surface area contributed by atoms with Gasteiger partial charge >= 0.3 is 6.03 Å². The molecule has 1 heterocycles. The number of carbonyl (C=O) groups is 2. The Bertz CT molecular complexity index is 1660. The minimum absolute atomic E-state index is 0.127. The van der Waals surface area contributed by atoms with E-state index in [2.05, 4.69) is 10.3 Å². The molecule has 4 aromatic carbocycles. The number of amides is 3. The van der Waals surface area contributed by atoms with E-state index in [4.69, 9.17) is 14.9 Å². The second-order valence-electron chi connectivity index (χ2n) is 8.32. The van der Waals surface area contributed by atoms with E-state index in [9.17, 15) is 19.7 Å². The fraction of sp³-hybridized carbons (Fsp3) is 0.0357. The summed E-state index contributed by atoms with van der Waals surface area (Å²) in [7, 11) is 1.38. The molecule has 0 atom stereocenters. The molecule has 0 bridgehead atoms. The predicted octanol–water partition coefficient (Wildman–Crippen LogP) is 5.77. The number of nitrogens with two attached hydrogens (primary N) is 1. The Morgan fingerprint density at radius 2 is 1.59 bits per heavy atom. The van der Waals surface area contributed by atoms with Crippen LogP contribution in [0.15, 0.2) is 95.4 Å². The van der Waals surface area contributed by atoms with Crippen LogP contribution < -0.4 is 20.7 Å². The van der Waals surface area contributed by atoms with E-state index in [0.717, 1.165) is 11.1 Å². The first-order valence-corrected chi connectivity index (χ1v) is 11.7. The average molecular weight is 524 g/mol. The van der Waals surface area contributed by atoms with E-state index in [0.29, 0.717) is 28.6 Å². The smallest absolute Gasteiger partial charge is 0.323 e. The minimum Gasteiger partial charge on any atom is -0.457 e. The van der Waals surface area contributed by atoms with Gasteiger partial charge in [0.2, 0.25) is 5.89 Å². The molecule has 3 N–H and O–H groups in total. The van der Waals surface area contributed by atoms with Crippen LogP contribution in [-0.4, -0.2) is 28.9 Å². The highest BCUT2D eigenvalue weighted by molar-refractivity contribution is 5.99. The molecule has 0 aliphatic heterocycles. The molecule has 0 saturated carbocycles. The van der Waals surface area contributed by atoms with Crippen molar-refractivity contribution in [3.63, 3.8) is 0 Å². The van der Waals surface area contributed by atoms with Crippen molar-refractivity contribution >= 4 is 40.1 Å². The SMILES string of the molecule is CNC(=O)c1cc(Oc2ccc(N(C(N)=O)c3ccc(-c4nc5ccccc5o4)cc3)cc2)ccc1[N+](=O)[O-]. The molecule has 5 rings (SSSR count). The molecule has 11 heteroatoms. The molecular formula is C28H21N5O6. The standard InChI is InChI=1S/C28H21N5O6/c1-30-26(34)22-16-21(14-15-24(22)33(36)37)38-20-12-10-19(11-13-20)32(28(29)35)18-8-6-17(7-9-18)27-31-23-4-2-3-5-25(23)39-27/h2-16H,1H3,(H2,29,35)(H,30,34). The molecule has 3 amide bonds. The molecule has 0 unspecified atom stereocenters. The number of nitro benzene ring substituents is 1. The lowest BCUT2D eigenvalue weighted by Gasteiger charge is -2.21. The Hall–Kier alpha value is -5.71. The summed E-state index contributed by atoms with van der Waals surface area (Å²) in [6.07, 6.45) is 0. The number of nitrogens with zero attached hydrogens (tertiary/aromatic N) is 3. The van der Waals surface area contributed by atoms with Crippen molar-refractivity contribution < 1.29 is 23.7 Å². The maximum atomic E-state index is 12.4. The number of hydrogen-bond acceptors (Lipinski definition) is 7. The third-order valence-electron chi connectivity index (χ3n) is 5.85. The van der Waals surface area contributed by atoms with Crippen LogP contribution in [0.3, 0.4) is 0 Å². The molecule has 0 radical (unpaired) electrons. The van der Waals surface area contributed by atoms with Crippen molar-refractivity contribution in [3.8, 4) is 23.0 Å². The highest BCUT2D eigenvalue weighted by atomic mass is 16.6. The van der Waals surface area contributed by atoms with Crippen molar-refractivity contribution in [2.75, 3.05) is 11.9 Å². The van der Waals surface area contributed by atoms with E-state index in [1.807, 2.05) is 24.3 Å². The number of fused-ring (bicyclic) bond motifs is 1. The summed E-state index contributed by atoms with van der Waals surface area (Å²) in [6.45, 7) is 0. The number of ether oxygens (including phenoxy) is 1. The summed E-state index contributed by atoms with van der Waals surface area (Å²) in [4.78, 5) is 40.9. The number of nitro groups is 1. The summed E-state index contributed by atoms with van der Waals surface area (Å²) in [5, 5.41) is 13.6. The van der Waals surface area contributed by atoms with Crippen LogP contribution in [0.2, 0.25) is 0 Å². The monoisotopic (exact) mass is 523 g/mol. The first kappa shape index (κ1) is 25.0. The Labute approximate surface area is 221 Å². The number of anilines is 2. The molecule has 5 aromatic rings. The number of para-hydroxylation sites is 2. The van der Waals surface area contributed by atoms with Gasteiger partial charge in [-0.2, -0.15) is 0 Å². The quantitative estimate of drug-likeness (QED) is 0.203. The Morgan fingerprint density at radius 3 is 2.21 bits per heavy atom. The van der Waals surface area contributed by atoms with Gasteiger partial charge in [-0.25, -0.2) is 9.78 Å². The van der Waals surface area contributed by atoms with Gasteiger partial charge in [-0.3, -0.25) is 19.8 Å². The van der Waals surface area contributed by atoms with Gasteiger partial charge < -0.3 is 20.2 Å². The molecule has 194 valence electrons. The van der Waals surface area contributed by atoms with Crippen LogP contribution in [0.25, 0.3) is 22.6 Å². The van der Waals surface area contributed by atoms with Crippen LogP contribution in [-0.2, 0) is 0 Å². The largest absolute Gasteiger partial charge is 0.457 e. The number of oxazole rings is 1. The second-order valence-corrected chi connectivity index (χ2v) is 8.32. The fourth-order valence-corrected chi connectivity index (χ4v) is 4.01. The van der Waals surface area contributed by atoms with E-state index in [1.54, 1.807) is 48.5 Å². The zero-order chi connectivity index (χ0) is 27.5. The molecule has 1 aromatic heterocycles. The molecular weight excluding hydrogens is 502 g/mol. The zero-order valence-corrected chi connectivity index (χ0v) is 20.5. The molecule has 0 spiro atoms. The number of nitrogens with one attached hydrogen (secondary N) is 1. The van der Waals surface area contributed by atoms with Crippen molar-refractivity contribution in [1.82, 2.24) is 10.3 Å². The summed E-state index contributed by atoms with van der Waals surface area (Å²) < 4.78 is 11.6. The van der Waals surface area contributed by atoms with Gasteiger partial charge in [-0.05, 0) is 66.7 Å². The lowest BCUT2D eigenvalue weighted by Crippen LogP contribution is -2.31. The van der Waals surface area contributed by atoms with Crippen molar-refractivity contribution in [1.29, 1.82) is 0 Å². The minimum atomic E-state index is -0.691. The number of carbonyl (C=O) groups excluding carboxylic acids is 2. The van der Waals surface area contributed by atoms with Gasteiger partial charge in [0.25, 0.3) is 11.6 Å². The number of rotatable bonds is 7. The van der Waals surface area contributed by atoms with E-state index in [-0.39, 0.29) is 17.0 Å². The molecule has 11 nitrogen and oxygen atoms in total. The van der Waals surface area contributed by atoms with E-state index < -0.39 is 16.9 Å². The number of urea groups is 1.